The number of ether oxygens (including phenoxy) is 1. The number of carbonyl (C=O) groups is 1. The van der Waals surface area contributed by atoms with Crippen molar-refractivity contribution in [1.29, 1.82) is 0 Å². The van der Waals surface area contributed by atoms with Crippen molar-refractivity contribution < 1.29 is 13.9 Å². The molecule has 1 saturated heterocycles. The molecule has 0 spiro atoms. The first-order valence-electron chi connectivity index (χ1n) is 6.55. The molecule has 1 aromatic heterocycles. The van der Waals surface area contributed by atoms with Crippen molar-refractivity contribution in [1.82, 2.24) is 4.98 Å². The molecular weight excluding hydrogens is 293 g/mol. The molecule has 3 rings (SSSR count). The molecule has 1 aliphatic heterocycles. The highest BCUT2D eigenvalue weighted by Gasteiger charge is 2.27. The Morgan fingerprint density at radius 3 is 3.19 bits per heavy atom. The number of hydrogen-bond acceptors (Lipinski definition) is 5. The van der Waals surface area contributed by atoms with Gasteiger partial charge in [0.1, 0.15) is 5.82 Å². The second-order valence-electron chi connectivity index (χ2n) is 4.61. The van der Waals surface area contributed by atoms with Gasteiger partial charge in [0.25, 0.3) is 5.91 Å². The van der Waals surface area contributed by atoms with Gasteiger partial charge >= 0.3 is 0 Å². The fourth-order valence-electron chi connectivity index (χ4n) is 2.19. The van der Waals surface area contributed by atoms with Gasteiger partial charge in [-0.15, -0.1) is 11.3 Å². The van der Waals surface area contributed by atoms with Crippen molar-refractivity contribution in [3.63, 3.8) is 0 Å². The summed E-state index contributed by atoms with van der Waals surface area (Å²) in [6, 6.07) is 6.34. The Kier molecular flexibility index (Phi) is 4.12. The van der Waals surface area contributed by atoms with E-state index in [-0.39, 0.29) is 11.7 Å². The predicted molar refractivity (Wildman–Crippen MR) is 79.1 cm³/mol. The highest BCUT2D eigenvalue weighted by Crippen LogP contribution is 2.19. The standard InChI is InChI=1S/C14H14FN3O2S/c15-10-2-1-3-11(8-10)18-5-6-20-12(9-18)13(19)17-14-16-4-7-21-14/h1-4,7-8,12H,5-6,9H2,(H,16,17,19)/t12-/m0/s1. The van der Waals surface area contributed by atoms with Gasteiger partial charge in [-0.3, -0.25) is 10.1 Å². The Labute approximate surface area is 125 Å². The Balaban J connectivity index is 1.66. The Morgan fingerprint density at radius 1 is 1.52 bits per heavy atom. The first kappa shape index (κ1) is 14.0. The third-order valence-corrected chi connectivity index (χ3v) is 3.88. The van der Waals surface area contributed by atoms with Gasteiger partial charge in [-0.2, -0.15) is 0 Å². The fourth-order valence-corrected chi connectivity index (χ4v) is 2.72. The fraction of sp³-hybridized carbons (Fsp3) is 0.286. The van der Waals surface area contributed by atoms with Crippen LogP contribution in [0.4, 0.5) is 15.2 Å². The third-order valence-electron chi connectivity index (χ3n) is 3.19. The van der Waals surface area contributed by atoms with Crippen LogP contribution in [0.5, 0.6) is 0 Å². The quantitative estimate of drug-likeness (QED) is 0.944. The van der Waals surface area contributed by atoms with Gasteiger partial charge in [-0.1, -0.05) is 6.07 Å². The van der Waals surface area contributed by atoms with Gasteiger partial charge < -0.3 is 9.64 Å². The van der Waals surface area contributed by atoms with Crippen LogP contribution in [0.3, 0.4) is 0 Å². The summed E-state index contributed by atoms with van der Waals surface area (Å²) in [5.41, 5.74) is 0.755. The second kappa shape index (κ2) is 6.19. The van der Waals surface area contributed by atoms with Gasteiger partial charge in [0, 0.05) is 23.8 Å². The zero-order valence-electron chi connectivity index (χ0n) is 11.2. The number of thiazole rings is 1. The summed E-state index contributed by atoms with van der Waals surface area (Å²) < 4.78 is 18.8. The molecule has 2 aromatic rings. The van der Waals surface area contributed by atoms with E-state index < -0.39 is 6.10 Å². The smallest absolute Gasteiger partial charge is 0.257 e. The zero-order chi connectivity index (χ0) is 14.7. The number of anilines is 2. The molecule has 21 heavy (non-hydrogen) atoms. The average Bonchev–Trinajstić information content (AvgIpc) is 3.00. The van der Waals surface area contributed by atoms with Crippen LogP contribution < -0.4 is 10.2 Å². The van der Waals surface area contributed by atoms with Crippen LogP contribution in [0.15, 0.2) is 35.8 Å². The summed E-state index contributed by atoms with van der Waals surface area (Å²) in [5, 5.41) is 5.05. The van der Waals surface area contributed by atoms with Crippen molar-refractivity contribution in [3.05, 3.63) is 41.7 Å². The number of halogens is 1. The number of nitrogens with one attached hydrogen (secondary N) is 1. The largest absolute Gasteiger partial charge is 0.366 e. The van der Waals surface area contributed by atoms with Crippen LogP contribution in [0, 0.1) is 5.82 Å². The van der Waals surface area contributed by atoms with Gasteiger partial charge in [0.2, 0.25) is 0 Å². The SMILES string of the molecule is O=C(Nc1nccs1)[C@@H]1CN(c2cccc(F)c2)CCO1. The Bertz CT molecular complexity index is 620. The molecule has 5 nitrogen and oxygen atoms in total. The molecule has 0 unspecified atom stereocenters. The summed E-state index contributed by atoms with van der Waals surface area (Å²) in [6.07, 6.45) is 1.03. The van der Waals surface area contributed by atoms with Crippen molar-refractivity contribution in [2.24, 2.45) is 0 Å². The molecule has 0 saturated carbocycles. The summed E-state index contributed by atoms with van der Waals surface area (Å²) in [4.78, 5) is 18.1. The number of hydrogen-bond donors (Lipinski definition) is 1. The normalized spacial score (nSPS) is 18.5. The number of rotatable bonds is 3. The predicted octanol–water partition coefficient (Wildman–Crippen LogP) is 2.13. The lowest BCUT2D eigenvalue weighted by Crippen LogP contribution is -2.48. The first-order valence-corrected chi connectivity index (χ1v) is 7.43. The second-order valence-corrected chi connectivity index (χ2v) is 5.51. The minimum Gasteiger partial charge on any atom is -0.366 e. The Hall–Kier alpha value is -1.99. The number of benzene rings is 1. The molecule has 110 valence electrons. The summed E-state index contributed by atoms with van der Waals surface area (Å²) in [5.74, 6) is -0.520. The lowest BCUT2D eigenvalue weighted by Gasteiger charge is -2.33. The number of amides is 1. The maximum atomic E-state index is 13.3. The Morgan fingerprint density at radius 2 is 2.43 bits per heavy atom. The summed E-state index contributed by atoms with van der Waals surface area (Å²) in [7, 11) is 0. The van der Waals surface area contributed by atoms with Crippen LogP contribution in [-0.4, -0.2) is 36.7 Å². The van der Waals surface area contributed by atoms with Gasteiger partial charge in [0.05, 0.1) is 13.2 Å². The lowest BCUT2D eigenvalue weighted by molar-refractivity contribution is -0.128. The van der Waals surface area contributed by atoms with Crippen LogP contribution >= 0.6 is 11.3 Å². The lowest BCUT2D eigenvalue weighted by atomic mass is 10.2. The number of carbonyl (C=O) groups excluding carboxylic acids is 1. The highest BCUT2D eigenvalue weighted by molar-refractivity contribution is 7.13. The van der Waals surface area contributed by atoms with E-state index in [1.165, 1.54) is 23.5 Å². The molecule has 7 heteroatoms. The van der Waals surface area contributed by atoms with Crippen molar-refractivity contribution in [3.8, 4) is 0 Å². The average molecular weight is 307 g/mol. The highest BCUT2D eigenvalue weighted by atomic mass is 32.1. The molecule has 2 heterocycles. The van der Waals surface area contributed by atoms with Crippen molar-refractivity contribution >= 4 is 28.1 Å². The molecule has 0 aliphatic carbocycles. The molecular formula is C14H14FN3O2S. The molecule has 1 amide bonds. The minimum atomic E-state index is -0.592. The van der Waals surface area contributed by atoms with E-state index in [1.54, 1.807) is 17.6 Å². The van der Waals surface area contributed by atoms with Crippen LogP contribution in [0.1, 0.15) is 0 Å². The molecule has 1 atom stereocenters. The van der Waals surface area contributed by atoms with Gasteiger partial charge in [0.15, 0.2) is 11.2 Å². The van der Waals surface area contributed by atoms with E-state index in [1.807, 2.05) is 11.0 Å². The van der Waals surface area contributed by atoms with Crippen molar-refractivity contribution in [2.45, 2.75) is 6.10 Å². The first-order chi connectivity index (χ1) is 10.2. The van der Waals surface area contributed by atoms with E-state index >= 15 is 0 Å². The minimum absolute atomic E-state index is 0.231. The number of aromatic nitrogens is 1. The van der Waals surface area contributed by atoms with Crippen molar-refractivity contribution in [2.75, 3.05) is 29.9 Å². The summed E-state index contributed by atoms with van der Waals surface area (Å²) in [6.45, 7) is 1.44. The molecule has 1 aromatic carbocycles. The van der Waals surface area contributed by atoms with Crippen LogP contribution in [-0.2, 0) is 9.53 Å². The van der Waals surface area contributed by atoms with E-state index in [4.69, 9.17) is 4.74 Å². The summed E-state index contributed by atoms with van der Waals surface area (Å²) >= 11 is 1.35. The molecule has 1 N–H and O–H groups in total. The van der Waals surface area contributed by atoms with Crippen LogP contribution in [0.2, 0.25) is 0 Å². The third kappa shape index (κ3) is 3.37. The maximum Gasteiger partial charge on any atom is 0.257 e. The van der Waals surface area contributed by atoms with Gasteiger partial charge in [-0.25, -0.2) is 9.37 Å². The number of morpholine rings is 1. The maximum absolute atomic E-state index is 13.3. The van der Waals surface area contributed by atoms with Gasteiger partial charge in [-0.05, 0) is 18.2 Å². The number of nitrogens with zero attached hydrogens (tertiary/aromatic N) is 2. The monoisotopic (exact) mass is 307 g/mol. The van der Waals surface area contributed by atoms with E-state index in [0.29, 0.717) is 24.8 Å². The molecule has 1 fully saturated rings. The van der Waals surface area contributed by atoms with E-state index in [9.17, 15) is 9.18 Å². The van der Waals surface area contributed by atoms with E-state index in [2.05, 4.69) is 10.3 Å². The molecule has 0 bridgehead atoms. The molecule has 1 aliphatic rings. The zero-order valence-corrected chi connectivity index (χ0v) is 12.0. The topological polar surface area (TPSA) is 54.5 Å². The van der Waals surface area contributed by atoms with E-state index in [0.717, 1.165) is 5.69 Å². The van der Waals surface area contributed by atoms with Crippen LogP contribution in [0.25, 0.3) is 0 Å². The molecule has 0 radical (unpaired) electrons.